The summed E-state index contributed by atoms with van der Waals surface area (Å²) in [5, 5.41) is 15.5. The van der Waals surface area contributed by atoms with Crippen LogP contribution >= 0.6 is 11.3 Å². The van der Waals surface area contributed by atoms with Gasteiger partial charge in [-0.1, -0.05) is 23.5 Å². The molecule has 1 aromatic carbocycles. The number of nitrogens with two attached hydrogens (primary N) is 1. The Balaban J connectivity index is 2.18. The average Bonchev–Trinajstić information content (AvgIpc) is 2.86. The highest BCUT2D eigenvalue weighted by atomic mass is 32.1. The Kier molecular flexibility index (Phi) is 3.99. The molecule has 0 bridgehead atoms. The van der Waals surface area contributed by atoms with Crippen molar-refractivity contribution in [2.75, 3.05) is 5.32 Å². The molecule has 0 aliphatic carbocycles. The van der Waals surface area contributed by atoms with Crippen LogP contribution in [0.1, 0.15) is 21.5 Å². The van der Waals surface area contributed by atoms with E-state index in [0.717, 1.165) is 22.5 Å². The summed E-state index contributed by atoms with van der Waals surface area (Å²) in [4.78, 5) is 21.6. The number of amides is 1. The Hall–Kier alpha value is -2.41. The van der Waals surface area contributed by atoms with Gasteiger partial charge in [-0.25, -0.2) is 0 Å². The van der Waals surface area contributed by atoms with E-state index in [2.05, 4.69) is 5.32 Å². The van der Waals surface area contributed by atoms with Gasteiger partial charge in [0.05, 0.1) is 16.2 Å². The third-order valence-corrected chi connectivity index (χ3v) is 3.76. The number of nitro groups is 1. The first-order valence-electron chi connectivity index (χ1n) is 5.84. The normalized spacial score (nSPS) is 10.2. The molecule has 20 heavy (non-hydrogen) atoms. The largest absolute Gasteiger partial charge is 0.380 e. The maximum Gasteiger partial charge on any atom is 0.324 e. The predicted molar refractivity (Wildman–Crippen MR) is 78.0 cm³/mol. The molecule has 0 aliphatic heterocycles. The van der Waals surface area contributed by atoms with E-state index in [1.165, 1.54) is 6.07 Å². The lowest BCUT2D eigenvalue weighted by Gasteiger charge is -2.12. The average molecular weight is 291 g/mol. The smallest absolute Gasteiger partial charge is 0.324 e. The summed E-state index contributed by atoms with van der Waals surface area (Å²) in [6.45, 7) is 2.26. The minimum atomic E-state index is -0.507. The zero-order valence-corrected chi connectivity index (χ0v) is 11.6. The van der Waals surface area contributed by atoms with E-state index in [4.69, 9.17) is 5.73 Å². The van der Waals surface area contributed by atoms with E-state index in [-0.39, 0.29) is 5.00 Å². The number of primary amides is 1. The van der Waals surface area contributed by atoms with Crippen molar-refractivity contribution in [2.45, 2.75) is 13.5 Å². The van der Waals surface area contributed by atoms with Gasteiger partial charge in [-0.3, -0.25) is 14.9 Å². The maximum atomic E-state index is 11.4. The Bertz CT molecular complexity index is 667. The van der Waals surface area contributed by atoms with Gasteiger partial charge in [0.1, 0.15) is 0 Å². The van der Waals surface area contributed by atoms with E-state index in [1.807, 2.05) is 13.0 Å². The van der Waals surface area contributed by atoms with Crippen molar-refractivity contribution in [3.63, 3.8) is 0 Å². The highest BCUT2D eigenvalue weighted by Crippen LogP contribution is 2.25. The molecule has 0 aliphatic rings. The lowest BCUT2D eigenvalue weighted by Crippen LogP contribution is -2.15. The van der Waals surface area contributed by atoms with E-state index in [9.17, 15) is 14.9 Å². The second-order valence-electron chi connectivity index (χ2n) is 4.27. The fourth-order valence-electron chi connectivity index (χ4n) is 1.85. The number of hydrogen-bond donors (Lipinski definition) is 2. The predicted octanol–water partition coefficient (Wildman–Crippen LogP) is 2.68. The summed E-state index contributed by atoms with van der Waals surface area (Å²) in [7, 11) is 0. The third kappa shape index (κ3) is 2.94. The molecule has 1 aromatic heterocycles. The van der Waals surface area contributed by atoms with E-state index >= 15 is 0 Å². The van der Waals surface area contributed by atoms with Gasteiger partial charge in [-0.2, -0.15) is 0 Å². The van der Waals surface area contributed by atoms with Crippen molar-refractivity contribution in [1.82, 2.24) is 0 Å². The molecule has 0 fully saturated rings. The fourth-order valence-corrected chi connectivity index (χ4v) is 2.58. The lowest BCUT2D eigenvalue weighted by molar-refractivity contribution is -0.380. The zero-order chi connectivity index (χ0) is 14.7. The number of rotatable bonds is 5. The fraction of sp³-hybridized carbons (Fsp3) is 0.154. The van der Waals surface area contributed by atoms with Crippen molar-refractivity contribution < 1.29 is 9.72 Å². The molecule has 6 nitrogen and oxygen atoms in total. The molecule has 0 unspecified atom stereocenters. The topological polar surface area (TPSA) is 98.3 Å². The number of para-hydroxylation sites is 1. The van der Waals surface area contributed by atoms with Crippen LogP contribution in [0.2, 0.25) is 0 Å². The summed E-state index contributed by atoms with van der Waals surface area (Å²) in [5.74, 6) is -0.507. The maximum absolute atomic E-state index is 11.4. The van der Waals surface area contributed by atoms with Crippen LogP contribution in [0, 0.1) is 17.0 Å². The molecule has 0 radical (unpaired) electrons. The quantitative estimate of drug-likeness (QED) is 0.653. The van der Waals surface area contributed by atoms with Crippen LogP contribution in [-0.4, -0.2) is 10.8 Å². The number of benzene rings is 1. The van der Waals surface area contributed by atoms with Gasteiger partial charge in [0.2, 0.25) is 0 Å². The first kappa shape index (κ1) is 14.0. The van der Waals surface area contributed by atoms with Crippen molar-refractivity contribution in [3.05, 3.63) is 56.5 Å². The first-order valence-corrected chi connectivity index (χ1v) is 6.72. The minimum Gasteiger partial charge on any atom is -0.380 e. The molecule has 0 saturated carbocycles. The molecule has 0 saturated heterocycles. The Morgan fingerprint density at radius 3 is 2.85 bits per heavy atom. The Morgan fingerprint density at radius 1 is 1.50 bits per heavy atom. The number of carbonyl (C=O) groups excluding carboxylic acids is 1. The molecule has 1 amide bonds. The number of carbonyl (C=O) groups is 1. The SMILES string of the molecule is Cc1cccc(C(N)=O)c1NCc1csc([N+](=O)[O-])c1. The van der Waals surface area contributed by atoms with E-state index in [1.54, 1.807) is 17.5 Å². The Labute approximate surface area is 119 Å². The van der Waals surface area contributed by atoms with Gasteiger partial charge in [-0.15, -0.1) is 0 Å². The molecule has 1 heterocycles. The van der Waals surface area contributed by atoms with Gasteiger partial charge < -0.3 is 11.1 Å². The number of hydrogen-bond acceptors (Lipinski definition) is 5. The van der Waals surface area contributed by atoms with Crippen LogP contribution in [0.5, 0.6) is 0 Å². The highest BCUT2D eigenvalue weighted by molar-refractivity contribution is 7.13. The lowest BCUT2D eigenvalue weighted by atomic mass is 10.1. The van der Waals surface area contributed by atoms with Gasteiger partial charge >= 0.3 is 5.00 Å². The van der Waals surface area contributed by atoms with Gasteiger partial charge in [-0.05, 0) is 24.1 Å². The number of thiophene rings is 1. The highest BCUT2D eigenvalue weighted by Gasteiger charge is 2.12. The Morgan fingerprint density at radius 2 is 2.25 bits per heavy atom. The molecule has 3 N–H and O–H groups in total. The zero-order valence-electron chi connectivity index (χ0n) is 10.8. The first-order chi connectivity index (χ1) is 9.49. The molecule has 2 rings (SSSR count). The number of aryl methyl sites for hydroxylation is 1. The number of nitrogens with one attached hydrogen (secondary N) is 1. The van der Waals surface area contributed by atoms with Crippen LogP contribution in [0.15, 0.2) is 29.6 Å². The van der Waals surface area contributed by atoms with Gasteiger partial charge in [0.15, 0.2) is 0 Å². The number of anilines is 1. The summed E-state index contributed by atoms with van der Waals surface area (Å²) in [6.07, 6.45) is 0. The van der Waals surface area contributed by atoms with Crippen molar-refractivity contribution >= 4 is 27.9 Å². The van der Waals surface area contributed by atoms with E-state index in [0.29, 0.717) is 17.8 Å². The molecule has 0 atom stereocenters. The van der Waals surface area contributed by atoms with Crippen molar-refractivity contribution in [3.8, 4) is 0 Å². The second-order valence-corrected chi connectivity index (χ2v) is 5.16. The molecule has 104 valence electrons. The standard InChI is InChI=1S/C13H13N3O3S/c1-8-3-2-4-10(13(14)17)12(8)15-6-9-5-11(16(18)19)20-7-9/h2-5,7,15H,6H2,1H3,(H2,14,17). The van der Waals surface area contributed by atoms with Crippen LogP contribution in [-0.2, 0) is 6.54 Å². The summed E-state index contributed by atoms with van der Waals surface area (Å²) in [5.41, 5.74) is 8.09. The molecule has 0 spiro atoms. The van der Waals surface area contributed by atoms with Gasteiger partial charge in [0.25, 0.3) is 5.91 Å². The van der Waals surface area contributed by atoms with Crippen molar-refractivity contribution in [2.24, 2.45) is 5.73 Å². The van der Waals surface area contributed by atoms with Crippen LogP contribution in [0.25, 0.3) is 0 Å². The van der Waals surface area contributed by atoms with Crippen LogP contribution in [0.4, 0.5) is 10.7 Å². The summed E-state index contributed by atoms with van der Waals surface area (Å²) in [6, 6.07) is 6.79. The molecular formula is C13H13N3O3S. The van der Waals surface area contributed by atoms with Crippen molar-refractivity contribution in [1.29, 1.82) is 0 Å². The summed E-state index contributed by atoms with van der Waals surface area (Å²) < 4.78 is 0. The van der Waals surface area contributed by atoms with Gasteiger partial charge in [0, 0.05) is 18.0 Å². The molecular weight excluding hydrogens is 278 g/mol. The van der Waals surface area contributed by atoms with Crippen LogP contribution in [0.3, 0.4) is 0 Å². The monoisotopic (exact) mass is 291 g/mol. The van der Waals surface area contributed by atoms with E-state index < -0.39 is 10.8 Å². The van der Waals surface area contributed by atoms with Crippen LogP contribution < -0.4 is 11.1 Å². The second kappa shape index (κ2) is 5.70. The molecule has 7 heteroatoms. The number of nitrogens with zero attached hydrogens (tertiary/aromatic N) is 1. The third-order valence-electron chi connectivity index (χ3n) is 2.83. The minimum absolute atomic E-state index is 0.0988. The summed E-state index contributed by atoms with van der Waals surface area (Å²) >= 11 is 1.08. The molecule has 2 aromatic rings.